The second-order valence-electron chi connectivity index (χ2n) is 5.02. The van der Waals surface area contributed by atoms with Gasteiger partial charge in [0.25, 0.3) is 0 Å². The van der Waals surface area contributed by atoms with Gasteiger partial charge in [-0.15, -0.1) is 0 Å². The standard InChI is InChI=1S/C14H15N5O2/c1-19-8-16-13(18-19)9-3-2-4-11(5-9)17-14(21)10-6-12(20)15-7-10/h2-5,8,10H,6-7H2,1H3,(H,15,20)(H,17,21). The van der Waals surface area contributed by atoms with Crippen molar-refractivity contribution in [2.75, 3.05) is 11.9 Å². The Hall–Kier alpha value is -2.70. The number of aromatic nitrogens is 3. The maximum absolute atomic E-state index is 12.1. The van der Waals surface area contributed by atoms with Crippen LogP contribution in [0.15, 0.2) is 30.6 Å². The van der Waals surface area contributed by atoms with Gasteiger partial charge in [0.2, 0.25) is 11.8 Å². The van der Waals surface area contributed by atoms with Crippen molar-refractivity contribution in [3.63, 3.8) is 0 Å². The molecular weight excluding hydrogens is 270 g/mol. The van der Waals surface area contributed by atoms with Crippen molar-refractivity contribution in [1.82, 2.24) is 20.1 Å². The van der Waals surface area contributed by atoms with Crippen molar-refractivity contribution in [3.8, 4) is 11.4 Å². The molecule has 0 spiro atoms. The predicted octanol–water partition coefficient (Wildman–Crippen LogP) is 0.557. The van der Waals surface area contributed by atoms with E-state index in [9.17, 15) is 9.59 Å². The first-order valence-corrected chi connectivity index (χ1v) is 6.65. The normalized spacial score (nSPS) is 17.6. The van der Waals surface area contributed by atoms with Gasteiger partial charge in [0.15, 0.2) is 5.82 Å². The summed E-state index contributed by atoms with van der Waals surface area (Å²) < 4.78 is 1.62. The van der Waals surface area contributed by atoms with Crippen LogP contribution in [0.3, 0.4) is 0 Å². The number of aryl methyl sites for hydroxylation is 1. The molecule has 0 aliphatic carbocycles. The molecule has 2 heterocycles. The fraction of sp³-hybridized carbons (Fsp3) is 0.286. The molecule has 1 unspecified atom stereocenters. The first-order valence-electron chi connectivity index (χ1n) is 6.65. The second-order valence-corrected chi connectivity index (χ2v) is 5.02. The number of amides is 2. The van der Waals surface area contributed by atoms with Crippen molar-refractivity contribution >= 4 is 17.5 Å². The maximum atomic E-state index is 12.1. The summed E-state index contributed by atoms with van der Waals surface area (Å²) in [6.07, 6.45) is 1.86. The molecule has 0 radical (unpaired) electrons. The fourth-order valence-electron chi connectivity index (χ4n) is 2.24. The Morgan fingerprint density at radius 1 is 1.48 bits per heavy atom. The number of benzene rings is 1. The molecule has 1 saturated heterocycles. The highest BCUT2D eigenvalue weighted by Gasteiger charge is 2.27. The first-order chi connectivity index (χ1) is 10.1. The molecule has 1 fully saturated rings. The van der Waals surface area contributed by atoms with E-state index in [0.717, 1.165) is 5.56 Å². The molecule has 2 amide bonds. The van der Waals surface area contributed by atoms with Gasteiger partial charge in [-0.2, -0.15) is 5.10 Å². The highest BCUT2D eigenvalue weighted by molar-refractivity contribution is 5.97. The van der Waals surface area contributed by atoms with Crippen molar-refractivity contribution < 1.29 is 9.59 Å². The van der Waals surface area contributed by atoms with Crippen LogP contribution in [-0.4, -0.2) is 33.1 Å². The molecule has 2 N–H and O–H groups in total. The Labute approximate surface area is 121 Å². The minimum absolute atomic E-state index is 0.0819. The summed E-state index contributed by atoms with van der Waals surface area (Å²) in [5, 5.41) is 9.71. The third-order valence-electron chi connectivity index (χ3n) is 3.34. The number of anilines is 1. The number of rotatable bonds is 3. The van der Waals surface area contributed by atoms with Crippen LogP contribution in [0.25, 0.3) is 11.4 Å². The number of nitrogens with one attached hydrogen (secondary N) is 2. The van der Waals surface area contributed by atoms with Crippen LogP contribution in [0.5, 0.6) is 0 Å². The van der Waals surface area contributed by atoms with Crippen molar-refractivity contribution in [1.29, 1.82) is 0 Å². The van der Waals surface area contributed by atoms with Crippen LogP contribution < -0.4 is 10.6 Å². The molecular formula is C14H15N5O2. The molecule has 7 nitrogen and oxygen atoms in total. The number of carbonyl (C=O) groups is 2. The summed E-state index contributed by atoms with van der Waals surface area (Å²) in [5.41, 5.74) is 1.50. The van der Waals surface area contributed by atoms with Crippen LogP contribution in [0, 0.1) is 5.92 Å². The third-order valence-corrected chi connectivity index (χ3v) is 3.34. The van der Waals surface area contributed by atoms with E-state index in [4.69, 9.17) is 0 Å². The van der Waals surface area contributed by atoms with E-state index < -0.39 is 0 Å². The Morgan fingerprint density at radius 3 is 3.00 bits per heavy atom. The Balaban J connectivity index is 1.74. The average Bonchev–Trinajstić information content (AvgIpc) is 3.08. The molecule has 108 valence electrons. The monoisotopic (exact) mass is 285 g/mol. The highest BCUT2D eigenvalue weighted by atomic mass is 16.2. The zero-order valence-electron chi connectivity index (χ0n) is 11.5. The van der Waals surface area contributed by atoms with Gasteiger partial charge in [-0.25, -0.2) is 4.98 Å². The van der Waals surface area contributed by atoms with Crippen molar-refractivity contribution in [2.24, 2.45) is 13.0 Å². The van der Waals surface area contributed by atoms with Gasteiger partial charge in [0.1, 0.15) is 6.33 Å². The van der Waals surface area contributed by atoms with Crippen molar-refractivity contribution in [3.05, 3.63) is 30.6 Å². The third kappa shape index (κ3) is 2.91. The summed E-state index contributed by atoms with van der Waals surface area (Å²) >= 11 is 0. The summed E-state index contributed by atoms with van der Waals surface area (Å²) in [5.74, 6) is 0.0570. The first kappa shape index (κ1) is 13.3. The summed E-state index contributed by atoms with van der Waals surface area (Å²) in [6.45, 7) is 0.395. The molecule has 1 aromatic heterocycles. The zero-order chi connectivity index (χ0) is 14.8. The van der Waals surface area contributed by atoms with Crippen LogP contribution in [0.1, 0.15) is 6.42 Å². The SMILES string of the molecule is Cn1cnc(-c2cccc(NC(=O)C3CNC(=O)C3)c2)n1. The van der Waals surface area contributed by atoms with Gasteiger partial charge in [0, 0.05) is 31.3 Å². The maximum Gasteiger partial charge on any atom is 0.229 e. The summed E-state index contributed by atoms with van der Waals surface area (Å²) in [6, 6.07) is 7.33. The van der Waals surface area contributed by atoms with Gasteiger partial charge in [-0.05, 0) is 12.1 Å². The fourth-order valence-corrected chi connectivity index (χ4v) is 2.24. The van der Waals surface area contributed by atoms with Gasteiger partial charge < -0.3 is 10.6 Å². The largest absolute Gasteiger partial charge is 0.355 e. The van der Waals surface area contributed by atoms with E-state index in [1.165, 1.54) is 0 Å². The lowest BCUT2D eigenvalue weighted by atomic mass is 10.1. The van der Waals surface area contributed by atoms with E-state index in [1.54, 1.807) is 24.1 Å². The lowest BCUT2D eigenvalue weighted by Gasteiger charge is -2.09. The quantitative estimate of drug-likeness (QED) is 0.862. The van der Waals surface area contributed by atoms with Gasteiger partial charge in [-0.3, -0.25) is 14.3 Å². The van der Waals surface area contributed by atoms with E-state index in [1.807, 2.05) is 18.2 Å². The molecule has 1 aliphatic rings. The van der Waals surface area contributed by atoms with Crippen LogP contribution >= 0.6 is 0 Å². The molecule has 3 rings (SSSR count). The van der Waals surface area contributed by atoms with E-state index >= 15 is 0 Å². The second kappa shape index (κ2) is 5.35. The van der Waals surface area contributed by atoms with E-state index in [2.05, 4.69) is 20.7 Å². The zero-order valence-corrected chi connectivity index (χ0v) is 11.5. The van der Waals surface area contributed by atoms with Gasteiger partial charge in [0.05, 0.1) is 5.92 Å². The molecule has 1 aliphatic heterocycles. The molecule has 21 heavy (non-hydrogen) atoms. The van der Waals surface area contributed by atoms with E-state index in [-0.39, 0.29) is 24.2 Å². The predicted molar refractivity (Wildman–Crippen MR) is 76.2 cm³/mol. The van der Waals surface area contributed by atoms with Crippen LogP contribution in [0.4, 0.5) is 5.69 Å². The topological polar surface area (TPSA) is 88.9 Å². The lowest BCUT2D eigenvalue weighted by Crippen LogP contribution is -2.24. The average molecular weight is 285 g/mol. The minimum atomic E-state index is -0.311. The van der Waals surface area contributed by atoms with Crippen LogP contribution in [-0.2, 0) is 16.6 Å². The number of hydrogen-bond donors (Lipinski definition) is 2. The lowest BCUT2D eigenvalue weighted by molar-refractivity contribution is -0.123. The Morgan fingerprint density at radius 2 is 2.33 bits per heavy atom. The van der Waals surface area contributed by atoms with Crippen molar-refractivity contribution in [2.45, 2.75) is 6.42 Å². The molecule has 0 saturated carbocycles. The molecule has 0 bridgehead atoms. The number of nitrogens with zero attached hydrogens (tertiary/aromatic N) is 3. The van der Waals surface area contributed by atoms with Crippen LogP contribution in [0.2, 0.25) is 0 Å². The van der Waals surface area contributed by atoms with E-state index in [0.29, 0.717) is 18.1 Å². The molecule has 1 atom stereocenters. The van der Waals surface area contributed by atoms with Gasteiger partial charge in [-0.1, -0.05) is 12.1 Å². The summed E-state index contributed by atoms with van der Waals surface area (Å²) in [4.78, 5) is 27.4. The molecule has 1 aromatic carbocycles. The summed E-state index contributed by atoms with van der Waals surface area (Å²) in [7, 11) is 1.80. The molecule has 2 aromatic rings. The minimum Gasteiger partial charge on any atom is -0.355 e. The smallest absolute Gasteiger partial charge is 0.229 e. The number of carbonyl (C=O) groups excluding carboxylic acids is 2. The highest BCUT2D eigenvalue weighted by Crippen LogP contribution is 2.20. The van der Waals surface area contributed by atoms with Gasteiger partial charge >= 0.3 is 0 Å². The molecule has 7 heteroatoms. The Bertz CT molecular complexity index is 694. The number of hydrogen-bond acceptors (Lipinski definition) is 4. The Kier molecular flexibility index (Phi) is 3.39.